The summed E-state index contributed by atoms with van der Waals surface area (Å²) in [7, 11) is 1.70. The summed E-state index contributed by atoms with van der Waals surface area (Å²) in [5.41, 5.74) is -0.0286. The van der Waals surface area contributed by atoms with Crippen molar-refractivity contribution in [2.75, 3.05) is 7.11 Å². The van der Waals surface area contributed by atoms with Gasteiger partial charge in [-0.25, -0.2) is 0 Å². The Hall–Kier alpha value is -0.700. The molecule has 4 aliphatic carbocycles. The lowest BCUT2D eigenvalue weighted by molar-refractivity contribution is -0.149. The van der Waals surface area contributed by atoms with E-state index in [-0.39, 0.29) is 11.5 Å². The summed E-state index contributed by atoms with van der Waals surface area (Å²) in [4.78, 5) is 24.5. The van der Waals surface area contributed by atoms with E-state index < -0.39 is 0 Å². The van der Waals surface area contributed by atoms with Crippen LogP contribution in [0.3, 0.4) is 0 Å². The summed E-state index contributed by atoms with van der Waals surface area (Å²) in [5, 5.41) is 0. The molecular formula is C19H28O3. The van der Waals surface area contributed by atoms with E-state index in [9.17, 15) is 9.59 Å². The van der Waals surface area contributed by atoms with Crippen LogP contribution in [-0.2, 0) is 14.3 Å². The van der Waals surface area contributed by atoms with E-state index in [0.717, 1.165) is 43.9 Å². The Labute approximate surface area is 133 Å². The van der Waals surface area contributed by atoms with Gasteiger partial charge in [-0.15, -0.1) is 0 Å². The predicted molar refractivity (Wildman–Crippen MR) is 83.3 cm³/mol. The van der Waals surface area contributed by atoms with Crippen molar-refractivity contribution in [3.05, 3.63) is 0 Å². The highest BCUT2D eigenvalue weighted by Gasteiger charge is 2.58. The standard InChI is InChI=1S/C19H28O3/c1-19-10-9-12-11-5-7-16(20)18(22-2)14(11)4-3-13(12)15(19)6-8-17(19)21/h11-15,18H,3-10H2,1-2H3/t11-,12-,13-,14+,15+,18+,19+/m1/s1. The Morgan fingerprint density at radius 1 is 0.909 bits per heavy atom. The third-order valence-corrected chi connectivity index (χ3v) is 7.82. The number of carbonyl (C=O) groups is 2. The number of fused-ring (bicyclic) bond motifs is 5. The van der Waals surface area contributed by atoms with Gasteiger partial charge < -0.3 is 4.74 Å². The molecule has 4 rings (SSSR count). The molecule has 4 fully saturated rings. The van der Waals surface area contributed by atoms with E-state index in [2.05, 4.69) is 6.92 Å². The van der Waals surface area contributed by atoms with Gasteiger partial charge in [0.2, 0.25) is 0 Å². The van der Waals surface area contributed by atoms with Crippen LogP contribution >= 0.6 is 0 Å². The Bertz CT molecular complexity index is 499. The fourth-order valence-electron chi connectivity index (χ4n) is 6.75. The third-order valence-electron chi connectivity index (χ3n) is 7.82. The van der Waals surface area contributed by atoms with Gasteiger partial charge >= 0.3 is 0 Å². The Balaban J connectivity index is 1.60. The lowest BCUT2D eigenvalue weighted by Gasteiger charge is -2.55. The zero-order chi connectivity index (χ0) is 15.5. The van der Waals surface area contributed by atoms with E-state index >= 15 is 0 Å². The molecule has 4 aliphatic rings. The van der Waals surface area contributed by atoms with E-state index in [1.807, 2.05) is 0 Å². The van der Waals surface area contributed by atoms with Crippen LogP contribution in [0.2, 0.25) is 0 Å². The SMILES string of the molecule is CO[C@@H]1C(=O)CC[C@@H]2[C@H]3CC[C@]4(C)C(=O)CC[C@H]4[C@@H]3CC[C@@H]21. The second-order valence-corrected chi connectivity index (χ2v) is 8.42. The molecule has 0 saturated heterocycles. The van der Waals surface area contributed by atoms with Crippen LogP contribution in [0, 0.1) is 35.0 Å². The largest absolute Gasteiger partial charge is 0.373 e. The number of ketones is 2. The monoisotopic (exact) mass is 304 g/mol. The average Bonchev–Trinajstić information content (AvgIpc) is 2.82. The molecule has 4 saturated carbocycles. The van der Waals surface area contributed by atoms with Crippen LogP contribution < -0.4 is 0 Å². The minimum absolute atomic E-state index is 0.0286. The topological polar surface area (TPSA) is 43.4 Å². The van der Waals surface area contributed by atoms with E-state index in [1.165, 1.54) is 12.8 Å². The van der Waals surface area contributed by atoms with Gasteiger partial charge in [-0.05, 0) is 68.1 Å². The highest BCUT2D eigenvalue weighted by molar-refractivity contribution is 5.87. The zero-order valence-electron chi connectivity index (χ0n) is 13.8. The molecule has 0 aromatic carbocycles. The molecule has 0 unspecified atom stereocenters. The summed E-state index contributed by atoms with van der Waals surface area (Å²) in [6, 6.07) is 0. The zero-order valence-corrected chi connectivity index (χ0v) is 13.8. The lowest BCUT2D eigenvalue weighted by atomic mass is 9.50. The van der Waals surface area contributed by atoms with Crippen molar-refractivity contribution in [1.29, 1.82) is 0 Å². The smallest absolute Gasteiger partial charge is 0.161 e. The van der Waals surface area contributed by atoms with Gasteiger partial charge in [0.15, 0.2) is 5.78 Å². The molecule has 0 aromatic rings. The quantitative estimate of drug-likeness (QED) is 0.745. The first kappa shape index (κ1) is 14.9. The number of hydrogen-bond donors (Lipinski definition) is 0. The first-order valence-electron chi connectivity index (χ1n) is 9.15. The summed E-state index contributed by atoms with van der Waals surface area (Å²) in [6.45, 7) is 2.23. The summed E-state index contributed by atoms with van der Waals surface area (Å²) < 4.78 is 5.57. The normalized spacial score (nSPS) is 51.2. The van der Waals surface area contributed by atoms with Crippen LogP contribution in [0.15, 0.2) is 0 Å². The van der Waals surface area contributed by atoms with Gasteiger partial charge in [0.1, 0.15) is 11.9 Å². The van der Waals surface area contributed by atoms with Gasteiger partial charge in [-0.2, -0.15) is 0 Å². The molecule has 0 heterocycles. The molecule has 0 aromatic heterocycles. The predicted octanol–water partition coefficient (Wildman–Crippen LogP) is 3.40. The van der Waals surface area contributed by atoms with Crippen molar-refractivity contribution >= 4 is 11.6 Å². The molecular weight excluding hydrogens is 276 g/mol. The molecule has 0 radical (unpaired) electrons. The molecule has 22 heavy (non-hydrogen) atoms. The fourth-order valence-corrected chi connectivity index (χ4v) is 6.75. The molecule has 122 valence electrons. The minimum Gasteiger partial charge on any atom is -0.373 e. The van der Waals surface area contributed by atoms with Crippen molar-refractivity contribution in [2.24, 2.45) is 35.0 Å². The Kier molecular flexibility index (Phi) is 3.48. The van der Waals surface area contributed by atoms with Crippen molar-refractivity contribution in [3.8, 4) is 0 Å². The number of methoxy groups -OCH3 is 1. The molecule has 0 bridgehead atoms. The average molecular weight is 304 g/mol. The second kappa shape index (κ2) is 5.15. The first-order chi connectivity index (χ1) is 10.6. The van der Waals surface area contributed by atoms with Crippen molar-refractivity contribution < 1.29 is 14.3 Å². The minimum atomic E-state index is -0.154. The van der Waals surface area contributed by atoms with E-state index in [1.54, 1.807) is 7.11 Å². The van der Waals surface area contributed by atoms with Gasteiger partial charge in [-0.1, -0.05) is 6.92 Å². The van der Waals surface area contributed by atoms with Gasteiger partial charge in [0.25, 0.3) is 0 Å². The summed E-state index contributed by atoms with van der Waals surface area (Å²) >= 11 is 0. The number of Topliss-reactive ketones (excluding diaryl/α,β-unsaturated/α-hetero) is 2. The maximum absolute atomic E-state index is 12.4. The molecule has 3 heteroatoms. The molecule has 7 atom stereocenters. The molecule has 3 nitrogen and oxygen atoms in total. The molecule has 0 aliphatic heterocycles. The van der Waals surface area contributed by atoms with Crippen LogP contribution in [0.25, 0.3) is 0 Å². The Morgan fingerprint density at radius 3 is 2.41 bits per heavy atom. The number of ether oxygens (including phenoxy) is 1. The number of rotatable bonds is 1. The van der Waals surface area contributed by atoms with Crippen LogP contribution in [0.5, 0.6) is 0 Å². The van der Waals surface area contributed by atoms with Crippen molar-refractivity contribution in [1.82, 2.24) is 0 Å². The first-order valence-corrected chi connectivity index (χ1v) is 9.15. The van der Waals surface area contributed by atoms with E-state index in [0.29, 0.717) is 35.7 Å². The fraction of sp³-hybridized carbons (Fsp3) is 0.895. The van der Waals surface area contributed by atoms with Gasteiger partial charge in [-0.3, -0.25) is 9.59 Å². The van der Waals surface area contributed by atoms with Crippen molar-refractivity contribution in [3.63, 3.8) is 0 Å². The summed E-state index contributed by atoms with van der Waals surface area (Å²) in [6.07, 6.45) is 8.10. The van der Waals surface area contributed by atoms with Gasteiger partial charge in [0.05, 0.1) is 0 Å². The van der Waals surface area contributed by atoms with Gasteiger partial charge in [0, 0.05) is 25.4 Å². The highest BCUT2D eigenvalue weighted by atomic mass is 16.5. The molecule has 0 spiro atoms. The number of hydrogen-bond acceptors (Lipinski definition) is 3. The molecule has 0 amide bonds. The van der Waals surface area contributed by atoms with Crippen molar-refractivity contribution in [2.45, 2.75) is 64.4 Å². The molecule has 0 N–H and O–H groups in total. The highest BCUT2D eigenvalue weighted by Crippen LogP contribution is 2.61. The van der Waals surface area contributed by atoms with Crippen LogP contribution in [-0.4, -0.2) is 24.8 Å². The lowest BCUT2D eigenvalue weighted by Crippen LogP contribution is -2.52. The maximum Gasteiger partial charge on any atom is 0.161 e. The maximum atomic E-state index is 12.4. The third kappa shape index (κ3) is 1.90. The van der Waals surface area contributed by atoms with E-state index in [4.69, 9.17) is 4.74 Å². The summed E-state index contributed by atoms with van der Waals surface area (Å²) in [5.74, 6) is 3.99. The second-order valence-electron chi connectivity index (χ2n) is 8.42. The van der Waals surface area contributed by atoms with Crippen LogP contribution in [0.4, 0.5) is 0 Å². The Morgan fingerprint density at radius 2 is 1.64 bits per heavy atom. The van der Waals surface area contributed by atoms with Crippen LogP contribution in [0.1, 0.15) is 58.3 Å². The number of carbonyl (C=O) groups excluding carboxylic acids is 2.